The molecule has 0 aliphatic carbocycles. The second kappa shape index (κ2) is 5.53. The van der Waals surface area contributed by atoms with Gasteiger partial charge in [-0.05, 0) is 26.7 Å². The van der Waals surface area contributed by atoms with Crippen LogP contribution in [0.1, 0.15) is 24.3 Å². The van der Waals surface area contributed by atoms with E-state index in [2.05, 4.69) is 9.89 Å². The third-order valence-corrected chi connectivity index (χ3v) is 5.70. The van der Waals surface area contributed by atoms with Gasteiger partial charge < -0.3 is 9.26 Å². The minimum Gasteiger partial charge on any atom is -0.469 e. The van der Waals surface area contributed by atoms with Crippen molar-refractivity contribution in [2.24, 2.45) is 5.92 Å². The number of methoxy groups -OCH3 is 1. The van der Waals surface area contributed by atoms with E-state index in [9.17, 15) is 13.2 Å². The Morgan fingerprint density at radius 1 is 1.35 bits per heavy atom. The van der Waals surface area contributed by atoms with Gasteiger partial charge in [-0.25, -0.2) is 8.42 Å². The first-order chi connectivity index (χ1) is 9.37. The molecule has 112 valence electrons. The van der Waals surface area contributed by atoms with E-state index in [0.29, 0.717) is 31.6 Å². The molecule has 0 bridgehead atoms. The van der Waals surface area contributed by atoms with E-state index >= 15 is 0 Å². The summed E-state index contributed by atoms with van der Waals surface area (Å²) in [5.41, 5.74) is 0.359. The Morgan fingerprint density at radius 3 is 2.40 bits per heavy atom. The zero-order valence-corrected chi connectivity index (χ0v) is 12.6. The van der Waals surface area contributed by atoms with Gasteiger partial charge in [-0.2, -0.15) is 4.31 Å². The Hall–Kier alpha value is -1.41. The average Bonchev–Trinajstić information content (AvgIpc) is 2.78. The summed E-state index contributed by atoms with van der Waals surface area (Å²) < 4.78 is 36.1. The summed E-state index contributed by atoms with van der Waals surface area (Å²) in [4.78, 5) is 11.6. The van der Waals surface area contributed by atoms with Crippen LogP contribution in [-0.4, -0.2) is 44.0 Å². The SMILES string of the molecule is COC(=O)C1CCN(S(=O)(=O)c2c(C)noc2C)CC1. The van der Waals surface area contributed by atoms with E-state index in [4.69, 9.17) is 4.52 Å². The third-order valence-electron chi connectivity index (χ3n) is 3.55. The number of nitrogens with zero attached hydrogens (tertiary/aromatic N) is 2. The van der Waals surface area contributed by atoms with Gasteiger partial charge in [0.15, 0.2) is 5.76 Å². The number of aryl methyl sites for hydroxylation is 2. The minimum atomic E-state index is -3.61. The molecule has 0 unspecified atom stereocenters. The molecule has 1 aromatic heterocycles. The topological polar surface area (TPSA) is 89.7 Å². The molecule has 1 saturated heterocycles. The number of carbonyl (C=O) groups is 1. The molecule has 0 saturated carbocycles. The van der Waals surface area contributed by atoms with Gasteiger partial charge in [0.2, 0.25) is 10.0 Å². The highest BCUT2D eigenvalue weighted by atomic mass is 32.2. The molecule has 1 aliphatic rings. The fraction of sp³-hybridized carbons (Fsp3) is 0.667. The van der Waals surface area contributed by atoms with Crippen LogP contribution in [0, 0.1) is 19.8 Å². The third kappa shape index (κ3) is 2.57. The summed E-state index contributed by atoms with van der Waals surface area (Å²) in [7, 11) is -2.27. The Labute approximate surface area is 117 Å². The molecular weight excluding hydrogens is 284 g/mol. The van der Waals surface area contributed by atoms with Crippen molar-refractivity contribution >= 4 is 16.0 Å². The first-order valence-corrected chi connectivity index (χ1v) is 7.82. The number of ether oxygens (including phenoxy) is 1. The molecule has 1 aliphatic heterocycles. The fourth-order valence-corrected chi connectivity index (χ4v) is 4.23. The highest BCUT2D eigenvalue weighted by Crippen LogP contribution is 2.27. The molecule has 0 amide bonds. The van der Waals surface area contributed by atoms with Crippen LogP contribution in [0.25, 0.3) is 0 Å². The van der Waals surface area contributed by atoms with Crippen molar-refractivity contribution < 1.29 is 22.5 Å². The molecule has 1 aromatic rings. The zero-order valence-electron chi connectivity index (χ0n) is 11.7. The number of aromatic nitrogens is 1. The van der Waals surface area contributed by atoms with Gasteiger partial charge in [-0.15, -0.1) is 0 Å². The number of piperidine rings is 1. The molecule has 2 rings (SSSR count). The van der Waals surface area contributed by atoms with Gasteiger partial charge in [0, 0.05) is 13.1 Å². The van der Waals surface area contributed by atoms with Gasteiger partial charge in [0.1, 0.15) is 10.6 Å². The second-order valence-electron chi connectivity index (χ2n) is 4.85. The first-order valence-electron chi connectivity index (χ1n) is 6.38. The number of carbonyl (C=O) groups excluding carboxylic acids is 1. The summed E-state index contributed by atoms with van der Waals surface area (Å²) in [5, 5.41) is 3.68. The van der Waals surface area contributed by atoms with Crippen molar-refractivity contribution in [3.05, 3.63) is 11.5 Å². The predicted octanol–water partition coefficient (Wildman–Crippen LogP) is 0.865. The van der Waals surface area contributed by atoms with Crippen LogP contribution in [0.3, 0.4) is 0 Å². The lowest BCUT2D eigenvalue weighted by Gasteiger charge is -2.29. The van der Waals surface area contributed by atoms with Crippen LogP contribution in [-0.2, 0) is 19.6 Å². The quantitative estimate of drug-likeness (QED) is 0.769. The van der Waals surface area contributed by atoms with Crippen LogP contribution < -0.4 is 0 Å². The Bertz CT molecular complexity index is 580. The van der Waals surface area contributed by atoms with E-state index < -0.39 is 10.0 Å². The maximum Gasteiger partial charge on any atom is 0.308 e. The Morgan fingerprint density at radius 2 is 1.95 bits per heavy atom. The molecule has 0 atom stereocenters. The largest absolute Gasteiger partial charge is 0.469 e. The van der Waals surface area contributed by atoms with Crippen molar-refractivity contribution in [3.63, 3.8) is 0 Å². The zero-order chi connectivity index (χ0) is 14.9. The normalized spacial score (nSPS) is 18.1. The molecular formula is C12H18N2O5S. The number of esters is 1. The molecule has 7 nitrogen and oxygen atoms in total. The lowest BCUT2D eigenvalue weighted by molar-refractivity contribution is -0.146. The van der Waals surface area contributed by atoms with Gasteiger partial charge in [-0.3, -0.25) is 4.79 Å². The first kappa shape index (κ1) is 15.0. The fourth-order valence-electron chi connectivity index (χ4n) is 2.47. The van der Waals surface area contributed by atoms with E-state index in [-0.39, 0.29) is 22.5 Å². The van der Waals surface area contributed by atoms with E-state index in [1.165, 1.54) is 11.4 Å². The highest BCUT2D eigenvalue weighted by Gasteiger charge is 2.35. The second-order valence-corrected chi connectivity index (χ2v) is 6.73. The Balaban J connectivity index is 2.16. The van der Waals surface area contributed by atoms with Crippen molar-refractivity contribution in [3.8, 4) is 0 Å². The van der Waals surface area contributed by atoms with Crippen molar-refractivity contribution in [1.82, 2.24) is 9.46 Å². The van der Waals surface area contributed by atoms with Gasteiger partial charge in [0.25, 0.3) is 0 Å². The number of rotatable bonds is 3. The molecule has 20 heavy (non-hydrogen) atoms. The van der Waals surface area contributed by atoms with Crippen molar-refractivity contribution in [2.45, 2.75) is 31.6 Å². The summed E-state index contributed by atoms with van der Waals surface area (Å²) in [6.07, 6.45) is 0.935. The number of sulfonamides is 1. The molecule has 0 spiro atoms. The van der Waals surface area contributed by atoms with Gasteiger partial charge in [0.05, 0.1) is 13.0 Å². The van der Waals surface area contributed by atoms with Gasteiger partial charge >= 0.3 is 5.97 Å². The van der Waals surface area contributed by atoms with Crippen LogP contribution in [0.4, 0.5) is 0 Å². The maximum absolute atomic E-state index is 12.5. The predicted molar refractivity (Wildman–Crippen MR) is 69.5 cm³/mol. The molecule has 8 heteroatoms. The van der Waals surface area contributed by atoms with Crippen molar-refractivity contribution in [1.29, 1.82) is 0 Å². The summed E-state index contributed by atoms with van der Waals surface area (Å²) in [6, 6.07) is 0. The number of hydrogen-bond acceptors (Lipinski definition) is 6. The molecule has 0 radical (unpaired) electrons. The van der Waals surface area contributed by atoms with E-state index in [0.717, 1.165) is 0 Å². The number of hydrogen-bond donors (Lipinski definition) is 0. The highest BCUT2D eigenvalue weighted by molar-refractivity contribution is 7.89. The van der Waals surface area contributed by atoms with Crippen LogP contribution in [0.5, 0.6) is 0 Å². The summed E-state index contributed by atoms with van der Waals surface area (Å²) in [5.74, 6) is -0.215. The summed E-state index contributed by atoms with van der Waals surface area (Å²) >= 11 is 0. The monoisotopic (exact) mass is 302 g/mol. The van der Waals surface area contributed by atoms with Crippen LogP contribution >= 0.6 is 0 Å². The molecule has 1 fully saturated rings. The average molecular weight is 302 g/mol. The molecule has 2 heterocycles. The molecule has 0 aromatic carbocycles. The summed E-state index contributed by atoms with van der Waals surface area (Å²) in [6.45, 7) is 3.77. The lowest BCUT2D eigenvalue weighted by Crippen LogP contribution is -2.40. The Kier molecular flexibility index (Phi) is 4.14. The van der Waals surface area contributed by atoms with E-state index in [1.807, 2.05) is 0 Å². The van der Waals surface area contributed by atoms with Gasteiger partial charge in [-0.1, -0.05) is 5.16 Å². The lowest BCUT2D eigenvalue weighted by atomic mass is 9.99. The minimum absolute atomic E-state index is 0.133. The maximum atomic E-state index is 12.5. The standard InChI is InChI=1S/C12H18N2O5S/c1-8-11(9(2)19-13-8)20(16,17)14-6-4-10(5-7-14)12(15)18-3/h10H,4-7H2,1-3H3. The van der Waals surface area contributed by atoms with Crippen molar-refractivity contribution in [2.75, 3.05) is 20.2 Å². The molecule has 0 N–H and O–H groups in total. The van der Waals surface area contributed by atoms with Crippen LogP contribution in [0.15, 0.2) is 9.42 Å². The smallest absolute Gasteiger partial charge is 0.308 e. The van der Waals surface area contributed by atoms with Crippen LogP contribution in [0.2, 0.25) is 0 Å². The van der Waals surface area contributed by atoms with E-state index in [1.54, 1.807) is 13.8 Å².